The van der Waals surface area contributed by atoms with Crippen LogP contribution in [0.1, 0.15) is 112 Å². The summed E-state index contributed by atoms with van der Waals surface area (Å²) in [6.45, 7) is 9.88. The predicted octanol–water partition coefficient (Wildman–Crippen LogP) is 10.3. The molecule has 89 heavy (non-hydrogen) atoms. The molecule has 5 aliphatic heterocycles. The van der Waals surface area contributed by atoms with Gasteiger partial charge in [0.15, 0.2) is 11.5 Å². The van der Waals surface area contributed by atoms with Crippen molar-refractivity contribution in [2.75, 3.05) is 93.6 Å². The fraction of sp³-hybridized carbons (Fsp3) is 0.478. The van der Waals surface area contributed by atoms with E-state index in [1.807, 2.05) is 72.7 Å². The molecule has 0 aliphatic carbocycles. The Labute approximate surface area is 534 Å². The van der Waals surface area contributed by atoms with E-state index < -0.39 is 21.4 Å². The first-order valence-corrected chi connectivity index (χ1v) is 35.6. The molecule has 10 rings (SSSR count). The standard InChI is InChI=1S/C67H80N4O14S4/c1-43-29-53-49(37-62(89(77,78)79)57-34-48-14-8-10-18-56(48)71(57)65(53)75)36-58(43)84-40-44-30-45(41-85-60-35-46-19-20-50-33-47-13-7-9-17-55(47)70(50)64(74)54(46)38-59(60)81-5)32-51(31-44)68(22-23-82-26-27-83-25-24-80-4)42-67(2,3)88-87-28-12-16-52(72)15-11-21-69-63(73)39-61(86-6)66(69)76/h7-10,13-14,17-18,29-32,35-36,38,50,57,61-62H,11-12,15-16,19-28,33-34,37,39-42H2,1-6H3,(H,77,78,79)/t50-,57+,61?,62?/m1/s1. The molecular formula is C67H80N4O14S4. The molecule has 0 saturated carbocycles. The number of amides is 4. The lowest BCUT2D eigenvalue weighted by Crippen LogP contribution is -2.47. The first kappa shape index (κ1) is 65.8. The number of anilines is 3. The maximum Gasteiger partial charge on any atom is 0.270 e. The van der Waals surface area contributed by atoms with Crippen molar-refractivity contribution in [3.05, 3.63) is 141 Å². The van der Waals surface area contributed by atoms with Crippen molar-refractivity contribution in [2.24, 2.45) is 0 Å². The van der Waals surface area contributed by atoms with Crippen LogP contribution < -0.4 is 28.9 Å². The Morgan fingerprint density at radius 2 is 1.36 bits per heavy atom. The van der Waals surface area contributed by atoms with Crippen LogP contribution in [0.25, 0.3) is 0 Å². The van der Waals surface area contributed by atoms with Crippen LogP contribution in [-0.2, 0) is 77.6 Å². The van der Waals surface area contributed by atoms with Gasteiger partial charge in [-0.1, -0.05) is 58.0 Å². The van der Waals surface area contributed by atoms with Crippen molar-refractivity contribution in [1.29, 1.82) is 0 Å². The minimum absolute atomic E-state index is 0.0481. The fourth-order valence-corrected chi connectivity index (χ4v) is 16.9. The van der Waals surface area contributed by atoms with E-state index in [1.54, 1.807) is 54.0 Å². The highest BCUT2D eigenvalue weighted by Crippen LogP contribution is 2.44. The minimum Gasteiger partial charge on any atom is -0.493 e. The molecule has 4 amide bonds. The first-order valence-electron chi connectivity index (χ1n) is 30.5. The number of ketones is 1. The number of nitrogens with zero attached hydrogens (tertiary/aromatic N) is 4. The summed E-state index contributed by atoms with van der Waals surface area (Å²) >= 11 is 1.38. The monoisotopic (exact) mass is 1290 g/mol. The van der Waals surface area contributed by atoms with Crippen LogP contribution >= 0.6 is 33.3 Å². The van der Waals surface area contributed by atoms with Gasteiger partial charge in [-0.05, 0) is 166 Å². The number of Topliss-reactive ketones (excluding diaryl/α,β-unsaturated/α-hetero) is 1. The number of methoxy groups -OCH3 is 2. The molecule has 5 aliphatic rings. The second kappa shape index (κ2) is 29.4. The number of aryl methyl sites for hydroxylation is 2. The number of carbonyl (C=O) groups is 5. The van der Waals surface area contributed by atoms with Gasteiger partial charge in [-0.15, -0.1) is 0 Å². The largest absolute Gasteiger partial charge is 0.493 e. The Morgan fingerprint density at radius 1 is 0.719 bits per heavy atom. The maximum absolute atomic E-state index is 14.5. The molecular weight excluding hydrogens is 1210 g/mol. The summed E-state index contributed by atoms with van der Waals surface area (Å²) in [5, 5.41) is -1.61. The van der Waals surface area contributed by atoms with Crippen molar-refractivity contribution in [2.45, 2.75) is 126 Å². The molecule has 2 unspecified atom stereocenters. The highest BCUT2D eigenvalue weighted by Gasteiger charge is 2.47. The Bertz CT molecular complexity index is 3550. The van der Waals surface area contributed by atoms with Crippen molar-refractivity contribution in [1.82, 2.24) is 4.90 Å². The predicted molar refractivity (Wildman–Crippen MR) is 350 cm³/mol. The third-order valence-electron chi connectivity index (χ3n) is 17.1. The van der Waals surface area contributed by atoms with E-state index in [4.69, 9.17) is 28.4 Å². The number of carbonyl (C=O) groups excluding carboxylic acids is 5. The third kappa shape index (κ3) is 15.6. The van der Waals surface area contributed by atoms with E-state index in [2.05, 4.69) is 36.9 Å². The van der Waals surface area contributed by atoms with Crippen LogP contribution in [0.3, 0.4) is 0 Å². The zero-order valence-electron chi connectivity index (χ0n) is 51.5. The van der Waals surface area contributed by atoms with Crippen LogP contribution in [0.4, 0.5) is 17.1 Å². The van der Waals surface area contributed by atoms with Gasteiger partial charge in [0.2, 0.25) is 11.8 Å². The average molecular weight is 1290 g/mol. The smallest absolute Gasteiger partial charge is 0.270 e. The molecule has 5 aromatic rings. The lowest BCUT2D eigenvalue weighted by Gasteiger charge is -2.34. The molecule has 0 aromatic heterocycles. The first-order chi connectivity index (χ1) is 42.8. The molecule has 0 radical (unpaired) electrons. The number of likely N-dealkylation sites (tertiary alicyclic amines) is 1. The molecule has 0 bridgehead atoms. The molecule has 18 nitrogen and oxygen atoms in total. The Kier molecular flexibility index (Phi) is 21.8. The van der Waals surface area contributed by atoms with Crippen molar-refractivity contribution in [3.8, 4) is 17.2 Å². The zero-order valence-corrected chi connectivity index (χ0v) is 54.8. The summed E-state index contributed by atoms with van der Waals surface area (Å²) < 4.78 is 73.2. The number of hydrogen-bond acceptors (Lipinski definition) is 17. The lowest BCUT2D eigenvalue weighted by atomic mass is 9.97. The van der Waals surface area contributed by atoms with Crippen LogP contribution in [0.2, 0.25) is 0 Å². The molecule has 5 aromatic carbocycles. The van der Waals surface area contributed by atoms with Gasteiger partial charge in [0, 0.05) is 90.7 Å². The summed E-state index contributed by atoms with van der Waals surface area (Å²) in [5.41, 5.74) is 9.04. The van der Waals surface area contributed by atoms with Gasteiger partial charge in [-0.2, -0.15) is 20.2 Å². The van der Waals surface area contributed by atoms with Gasteiger partial charge in [-0.3, -0.25) is 33.4 Å². The molecule has 476 valence electrons. The van der Waals surface area contributed by atoms with Crippen LogP contribution in [0.15, 0.2) is 91.0 Å². The van der Waals surface area contributed by atoms with E-state index in [-0.39, 0.29) is 78.1 Å². The van der Waals surface area contributed by atoms with Gasteiger partial charge < -0.3 is 43.1 Å². The normalized spacial score (nSPS) is 18.7. The molecule has 5 heterocycles. The fourth-order valence-electron chi connectivity index (χ4n) is 12.7. The quantitative estimate of drug-likeness (QED) is 0.0189. The van der Waals surface area contributed by atoms with E-state index in [0.29, 0.717) is 130 Å². The van der Waals surface area contributed by atoms with E-state index >= 15 is 0 Å². The van der Waals surface area contributed by atoms with E-state index in [0.717, 1.165) is 52.2 Å². The van der Waals surface area contributed by atoms with Gasteiger partial charge >= 0.3 is 0 Å². The number of para-hydroxylation sites is 2. The highest BCUT2D eigenvalue weighted by molar-refractivity contribution is 8.77. The van der Waals surface area contributed by atoms with Crippen molar-refractivity contribution in [3.63, 3.8) is 0 Å². The lowest BCUT2D eigenvalue weighted by molar-refractivity contribution is -0.138. The number of benzene rings is 5. The summed E-state index contributed by atoms with van der Waals surface area (Å²) in [4.78, 5) is 73.9. The van der Waals surface area contributed by atoms with Gasteiger partial charge in [0.05, 0.1) is 51.4 Å². The SMILES string of the molecule is COCCOCCOCCN(CC(C)(C)SSCCCC(=O)CCCN1C(=O)CC(SC)C1=O)c1cc(COc2cc3c(cc2C)C(=O)N2c4ccccc4C[C@H]2C(S(=O)(=O)O)C3)cc(COc2cc3c(cc2OC)C(=O)N2c4ccccc4C[C@H]2CC3)c1. The molecule has 1 fully saturated rings. The number of hydrogen-bond donors (Lipinski definition) is 1. The maximum atomic E-state index is 14.5. The molecule has 4 atom stereocenters. The number of thioether (sulfide) groups is 1. The number of fused-ring (bicyclic) bond motifs is 8. The Balaban J connectivity index is 0.895. The van der Waals surface area contributed by atoms with Gasteiger partial charge in [-0.25, -0.2) is 0 Å². The van der Waals surface area contributed by atoms with Crippen molar-refractivity contribution < 1.29 is 65.4 Å². The Hall–Kier alpha value is -6.11. The molecule has 22 heteroatoms. The number of imide groups is 1. The third-order valence-corrected chi connectivity index (χ3v) is 22.7. The number of rotatable bonds is 31. The molecule has 1 saturated heterocycles. The molecule has 1 N–H and O–H groups in total. The van der Waals surface area contributed by atoms with Crippen LogP contribution in [0, 0.1) is 6.92 Å². The Morgan fingerprint density at radius 3 is 2.06 bits per heavy atom. The minimum atomic E-state index is -4.61. The van der Waals surface area contributed by atoms with Gasteiger partial charge in [0.1, 0.15) is 30.0 Å². The van der Waals surface area contributed by atoms with E-state index in [9.17, 15) is 36.9 Å². The summed E-state index contributed by atoms with van der Waals surface area (Å²) in [6, 6.07) is 28.1. The van der Waals surface area contributed by atoms with Crippen molar-refractivity contribution >= 4 is 89.9 Å². The average Bonchev–Trinajstić information content (AvgIpc) is 1.63. The second-order valence-electron chi connectivity index (χ2n) is 23.9. The second-order valence-corrected chi connectivity index (χ2v) is 29.7. The topological polar surface area (TPSA) is 208 Å². The van der Waals surface area contributed by atoms with Gasteiger partial charge in [0.25, 0.3) is 21.9 Å². The van der Waals surface area contributed by atoms with Crippen LogP contribution in [0.5, 0.6) is 17.2 Å². The summed E-state index contributed by atoms with van der Waals surface area (Å²) in [5.74, 6) is 1.52. The number of ether oxygens (including phenoxy) is 6. The molecule has 0 spiro atoms. The van der Waals surface area contributed by atoms with E-state index in [1.165, 1.54) is 27.1 Å². The highest BCUT2D eigenvalue weighted by atomic mass is 33.1. The van der Waals surface area contributed by atoms with Crippen LogP contribution in [-0.4, -0.2) is 154 Å². The summed E-state index contributed by atoms with van der Waals surface area (Å²) in [6.07, 6.45) is 6.38. The summed E-state index contributed by atoms with van der Waals surface area (Å²) in [7, 11) is 2.04. The zero-order chi connectivity index (χ0) is 63.0.